The maximum absolute atomic E-state index is 11.0. The highest BCUT2D eigenvalue weighted by Gasteiger charge is 1.97. The number of nitrogens with one attached hydrogen (secondary N) is 1. The lowest BCUT2D eigenvalue weighted by Crippen LogP contribution is -2.09. The van der Waals surface area contributed by atoms with Crippen LogP contribution in [0.4, 0.5) is 0 Å². The van der Waals surface area contributed by atoms with Crippen molar-refractivity contribution in [3.8, 4) is 11.8 Å². The van der Waals surface area contributed by atoms with Gasteiger partial charge >= 0.3 is 0 Å². The first-order valence-corrected chi connectivity index (χ1v) is 4.94. The van der Waals surface area contributed by atoms with E-state index >= 15 is 0 Å². The number of H-pyrrole nitrogens is 1. The zero-order chi connectivity index (χ0) is 11.5. The van der Waals surface area contributed by atoms with E-state index in [1.165, 1.54) is 6.07 Å². The summed E-state index contributed by atoms with van der Waals surface area (Å²) in [5, 5.41) is 8.67. The minimum absolute atomic E-state index is 0.227. The van der Waals surface area contributed by atoms with Crippen molar-refractivity contribution in [2.75, 3.05) is 0 Å². The van der Waals surface area contributed by atoms with E-state index < -0.39 is 0 Å². The third-order valence-electron chi connectivity index (χ3n) is 2.10. The second-order valence-electron chi connectivity index (χ2n) is 3.14. The molecule has 2 aromatic rings. The predicted octanol–water partition coefficient (Wildman–Crippen LogP) is 1.77. The highest BCUT2D eigenvalue weighted by Crippen LogP contribution is 2.08. The zero-order valence-corrected chi connectivity index (χ0v) is 8.99. The smallest absolute Gasteiger partial charge is 0.251 e. The average molecular weight is 229 g/mol. The van der Waals surface area contributed by atoms with Crippen LogP contribution in [0.5, 0.6) is 0 Å². The van der Waals surface area contributed by atoms with Gasteiger partial charge in [0.2, 0.25) is 0 Å². The molecule has 1 aromatic carbocycles. The van der Waals surface area contributed by atoms with E-state index in [1.807, 2.05) is 6.07 Å². The third-order valence-corrected chi connectivity index (χ3v) is 2.40. The largest absolute Gasteiger partial charge is 0.299 e. The SMILES string of the molecule is N#Cc1ccc(-n2ccc(=O)[nH]c2=S)cc1. The first kappa shape index (κ1) is 10.3. The van der Waals surface area contributed by atoms with Crippen molar-refractivity contribution in [3.05, 3.63) is 57.2 Å². The topological polar surface area (TPSA) is 61.6 Å². The fourth-order valence-corrected chi connectivity index (χ4v) is 1.58. The van der Waals surface area contributed by atoms with Crippen molar-refractivity contribution in [2.45, 2.75) is 0 Å². The molecule has 0 spiro atoms. The summed E-state index contributed by atoms with van der Waals surface area (Å²) in [5.41, 5.74) is 1.16. The molecule has 0 aliphatic rings. The van der Waals surface area contributed by atoms with Crippen LogP contribution < -0.4 is 5.56 Å². The molecule has 1 heterocycles. The molecule has 0 saturated carbocycles. The van der Waals surface area contributed by atoms with Gasteiger partial charge in [0.25, 0.3) is 5.56 Å². The minimum Gasteiger partial charge on any atom is -0.299 e. The molecule has 1 N–H and O–H groups in total. The lowest BCUT2D eigenvalue weighted by atomic mass is 10.2. The molecule has 5 heteroatoms. The number of aromatic amines is 1. The van der Waals surface area contributed by atoms with Crippen molar-refractivity contribution in [1.82, 2.24) is 9.55 Å². The normalized spacial score (nSPS) is 9.69. The predicted molar refractivity (Wildman–Crippen MR) is 61.9 cm³/mol. The molecule has 1 aromatic heterocycles. The average Bonchev–Trinajstić information content (AvgIpc) is 2.29. The molecule has 0 radical (unpaired) electrons. The van der Waals surface area contributed by atoms with Gasteiger partial charge in [0.1, 0.15) is 0 Å². The van der Waals surface area contributed by atoms with Gasteiger partial charge in [-0.25, -0.2) is 0 Å². The second-order valence-corrected chi connectivity index (χ2v) is 3.53. The van der Waals surface area contributed by atoms with Crippen LogP contribution in [-0.4, -0.2) is 9.55 Å². The number of nitriles is 1. The molecule has 16 heavy (non-hydrogen) atoms. The molecule has 0 aliphatic heterocycles. The number of hydrogen-bond acceptors (Lipinski definition) is 3. The van der Waals surface area contributed by atoms with E-state index in [1.54, 1.807) is 35.0 Å². The quantitative estimate of drug-likeness (QED) is 0.758. The van der Waals surface area contributed by atoms with E-state index in [2.05, 4.69) is 4.98 Å². The standard InChI is InChI=1S/C11H7N3OS/c12-7-8-1-3-9(4-2-8)14-6-5-10(15)13-11(14)16/h1-6H,(H,13,15,16). The van der Waals surface area contributed by atoms with Crippen molar-refractivity contribution >= 4 is 12.2 Å². The lowest BCUT2D eigenvalue weighted by molar-refractivity contribution is 0.937. The van der Waals surface area contributed by atoms with Crippen LogP contribution >= 0.6 is 12.2 Å². The fraction of sp³-hybridized carbons (Fsp3) is 0. The minimum atomic E-state index is -0.227. The molecular weight excluding hydrogens is 222 g/mol. The van der Waals surface area contributed by atoms with Gasteiger partial charge < -0.3 is 0 Å². The van der Waals surface area contributed by atoms with Crippen LogP contribution in [0, 0.1) is 16.1 Å². The van der Waals surface area contributed by atoms with Crippen LogP contribution in [-0.2, 0) is 0 Å². The Bertz CT molecular complexity index is 661. The van der Waals surface area contributed by atoms with Crippen LogP contribution in [0.3, 0.4) is 0 Å². The Hall–Kier alpha value is -2.19. The van der Waals surface area contributed by atoms with E-state index in [4.69, 9.17) is 17.5 Å². The molecule has 0 amide bonds. The summed E-state index contributed by atoms with van der Waals surface area (Å²) < 4.78 is 2.00. The maximum atomic E-state index is 11.0. The van der Waals surface area contributed by atoms with Gasteiger partial charge in [-0.3, -0.25) is 14.3 Å². The molecule has 78 valence electrons. The Morgan fingerprint density at radius 2 is 1.94 bits per heavy atom. The Balaban J connectivity index is 2.56. The number of rotatable bonds is 1. The number of benzene rings is 1. The molecule has 0 saturated heterocycles. The van der Waals surface area contributed by atoms with Crippen LogP contribution in [0.1, 0.15) is 5.56 Å². The Morgan fingerprint density at radius 1 is 1.25 bits per heavy atom. The monoisotopic (exact) mass is 229 g/mol. The van der Waals surface area contributed by atoms with E-state index in [9.17, 15) is 4.79 Å². The number of hydrogen-bond donors (Lipinski definition) is 1. The highest BCUT2D eigenvalue weighted by molar-refractivity contribution is 7.71. The summed E-state index contributed by atoms with van der Waals surface area (Å²) in [6.45, 7) is 0. The molecule has 0 atom stereocenters. The van der Waals surface area contributed by atoms with E-state index in [-0.39, 0.29) is 5.56 Å². The number of nitrogens with zero attached hydrogens (tertiary/aromatic N) is 2. The second kappa shape index (κ2) is 4.13. The van der Waals surface area contributed by atoms with Crippen LogP contribution in [0.2, 0.25) is 0 Å². The Kier molecular flexibility index (Phi) is 2.66. The third kappa shape index (κ3) is 1.92. The summed E-state index contributed by atoms with van der Waals surface area (Å²) >= 11 is 5.03. The molecule has 0 bridgehead atoms. The van der Waals surface area contributed by atoms with Gasteiger partial charge in [0.05, 0.1) is 11.6 Å². The molecule has 2 rings (SSSR count). The van der Waals surface area contributed by atoms with Gasteiger partial charge in [0.15, 0.2) is 4.77 Å². The molecule has 0 unspecified atom stereocenters. The van der Waals surface area contributed by atoms with Gasteiger partial charge in [-0.05, 0) is 36.5 Å². The molecule has 0 fully saturated rings. The van der Waals surface area contributed by atoms with Crippen LogP contribution in [0.25, 0.3) is 5.69 Å². The highest BCUT2D eigenvalue weighted by atomic mass is 32.1. The Labute approximate surface area is 96.4 Å². The summed E-state index contributed by atoms with van der Waals surface area (Å²) in [7, 11) is 0. The van der Waals surface area contributed by atoms with Crippen molar-refractivity contribution in [2.24, 2.45) is 0 Å². The molecule has 0 aliphatic carbocycles. The Morgan fingerprint density at radius 3 is 2.50 bits per heavy atom. The summed E-state index contributed by atoms with van der Waals surface area (Å²) in [5.74, 6) is 0. The van der Waals surface area contributed by atoms with Crippen molar-refractivity contribution in [1.29, 1.82) is 5.26 Å². The van der Waals surface area contributed by atoms with Crippen molar-refractivity contribution in [3.63, 3.8) is 0 Å². The van der Waals surface area contributed by atoms with Gasteiger partial charge in [-0.2, -0.15) is 5.26 Å². The first-order valence-electron chi connectivity index (χ1n) is 4.53. The van der Waals surface area contributed by atoms with E-state index in [0.29, 0.717) is 10.3 Å². The lowest BCUT2D eigenvalue weighted by Gasteiger charge is -2.05. The summed E-state index contributed by atoms with van der Waals surface area (Å²) in [4.78, 5) is 13.5. The van der Waals surface area contributed by atoms with Gasteiger partial charge in [-0.1, -0.05) is 0 Å². The zero-order valence-electron chi connectivity index (χ0n) is 8.18. The first-order chi connectivity index (χ1) is 7.70. The number of aromatic nitrogens is 2. The van der Waals surface area contributed by atoms with Gasteiger partial charge in [-0.15, -0.1) is 0 Å². The van der Waals surface area contributed by atoms with Crippen molar-refractivity contribution < 1.29 is 0 Å². The summed E-state index contributed by atoms with van der Waals surface area (Å²) in [6.07, 6.45) is 1.60. The maximum Gasteiger partial charge on any atom is 0.251 e. The van der Waals surface area contributed by atoms with E-state index in [0.717, 1.165) is 5.69 Å². The van der Waals surface area contributed by atoms with Gasteiger partial charge in [0, 0.05) is 18.0 Å². The summed E-state index contributed by atoms with van der Waals surface area (Å²) in [6, 6.07) is 10.4. The fourth-order valence-electron chi connectivity index (χ4n) is 1.32. The molecular formula is C11H7N3OS. The molecule has 4 nitrogen and oxygen atoms in total. The van der Waals surface area contributed by atoms with Crippen LogP contribution in [0.15, 0.2) is 41.3 Å².